The highest BCUT2D eigenvalue weighted by molar-refractivity contribution is 8.10. The van der Waals surface area contributed by atoms with Crippen LogP contribution >= 0.6 is 23.3 Å². The van der Waals surface area contributed by atoms with Crippen LogP contribution in [0.3, 0.4) is 0 Å². The Kier molecular flexibility index (Phi) is 4.64. The minimum atomic E-state index is -3.97. The van der Waals surface area contributed by atoms with Gasteiger partial charge in [-0.1, -0.05) is 24.3 Å². The molecule has 0 bridgehead atoms. The van der Waals surface area contributed by atoms with Gasteiger partial charge in [0, 0.05) is 18.0 Å². The van der Waals surface area contributed by atoms with Crippen LogP contribution in [0.4, 0.5) is 5.69 Å². The molecular formula is C13H11N3O4S3. The van der Waals surface area contributed by atoms with Gasteiger partial charge in [0.05, 0.1) is 10.2 Å². The fourth-order valence-corrected chi connectivity index (χ4v) is 5.28. The minimum absolute atomic E-state index is 0.273. The predicted octanol–water partition coefficient (Wildman–Crippen LogP) is 1.69. The molecule has 120 valence electrons. The molecule has 0 saturated heterocycles. The number of nitrogens with one attached hydrogen (secondary N) is 2. The molecule has 3 rings (SSSR count). The van der Waals surface area contributed by atoms with E-state index in [2.05, 4.69) is 9.11 Å². The number of hydrogen-bond acceptors (Lipinski definition) is 7. The largest absolute Gasteiger partial charge is 0.595 e. The molecule has 10 heteroatoms. The van der Waals surface area contributed by atoms with Crippen LogP contribution < -0.4 is 9.35 Å². The van der Waals surface area contributed by atoms with Crippen LogP contribution in [0.1, 0.15) is 0 Å². The Balaban J connectivity index is 1.84. The van der Waals surface area contributed by atoms with E-state index in [4.69, 9.17) is 5.21 Å². The Morgan fingerprint density at radius 2 is 1.87 bits per heavy atom. The molecule has 0 fully saturated rings. The average Bonchev–Trinajstić information content (AvgIpc) is 2.96. The van der Waals surface area contributed by atoms with Crippen LogP contribution in [-0.4, -0.2) is 18.6 Å². The van der Waals surface area contributed by atoms with Gasteiger partial charge in [0.1, 0.15) is 4.90 Å². The molecule has 23 heavy (non-hydrogen) atoms. The molecule has 0 aliphatic heterocycles. The highest BCUT2D eigenvalue weighted by Crippen LogP contribution is 2.29. The third-order valence-corrected chi connectivity index (χ3v) is 6.66. The highest BCUT2D eigenvalue weighted by atomic mass is 32.3. The number of rotatable bonds is 5. The maximum atomic E-state index is 12.3. The first kappa shape index (κ1) is 16.3. The molecule has 0 spiro atoms. The molecule has 1 aromatic heterocycles. The van der Waals surface area contributed by atoms with Crippen molar-refractivity contribution in [1.82, 2.24) is 9.11 Å². The zero-order chi connectivity index (χ0) is 16.4. The Morgan fingerprint density at radius 1 is 1.17 bits per heavy atom. The van der Waals surface area contributed by atoms with Gasteiger partial charge >= 0.3 is 0 Å². The van der Waals surface area contributed by atoms with Crippen molar-refractivity contribution in [1.29, 1.82) is 0 Å². The standard InChI is InChI=1S/C13H11N3O4S3/c17-16(18)10-6-2-4-8-12(10)23(19,20)15-22-13-14-9-5-1-3-7-11(9)21-13/h1-8,15-17H. The third-order valence-electron chi connectivity index (χ3n) is 2.92. The molecule has 0 radical (unpaired) electrons. The van der Waals surface area contributed by atoms with Crippen LogP contribution in [0, 0.1) is 5.21 Å². The SMILES string of the molecule is O=S(=O)(NSc1nc2ccccc2s1)c1ccccc1[NH+]([O-])O. The molecular weight excluding hydrogens is 358 g/mol. The molecule has 1 atom stereocenters. The number of para-hydroxylation sites is 2. The lowest BCUT2D eigenvalue weighted by atomic mass is 10.3. The molecule has 0 aliphatic carbocycles. The quantitative estimate of drug-likeness (QED) is 0.467. The molecule has 3 aromatic rings. The van der Waals surface area contributed by atoms with Crippen molar-refractivity contribution in [2.75, 3.05) is 0 Å². The summed E-state index contributed by atoms with van der Waals surface area (Å²) < 4.78 is 28.5. The molecule has 0 saturated carbocycles. The maximum absolute atomic E-state index is 12.3. The van der Waals surface area contributed by atoms with Gasteiger partial charge in [-0.2, -0.15) is 5.23 Å². The zero-order valence-electron chi connectivity index (χ0n) is 11.5. The second-order valence-corrected chi connectivity index (χ2v) is 8.43. The van der Waals surface area contributed by atoms with Crippen molar-refractivity contribution in [2.24, 2.45) is 0 Å². The number of benzene rings is 2. The number of sulfonamides is 1. The fraction of sp³-hybridized carbons (Fsp3) is 0. The monoisotopic (exact) mass is 369 g/mol. The van der Waals surface area contributed by atoms with E-state index < -0.39 is 15.2 Å². The van der Waals surface area contributed by atoms with E-state index in [9.17, 15) is 13.6 Å². The average molecular weight is 369 g/mol. The van der Waals surface area contributed by atoms with E-state index >= 15 is 0 Å². The molecule has 7 nitrogen and oxygen atoms in total. The van der Waals surface area contributed by atoms with E-state index in [0.29, 0.717) is 4.34 Å². The van der Waals surface area contributed by atoms with Crippen molar-refractivity contribution >= 4 is 49.2 Å². The lowest BCUT2D eigenvalue weighted by Gasteiger charge is -2.15. The van der Waals surface area contributed by atoms with Crippen molar-refractivity contribution in [3.05, 3.63) is 53.7 Å². The van der Waals surface area contributed by atoms with Gasteiger partial charge in [0.2, 0.25) is 0 Å². The topological polar surface area (TPSA) is 107 Å². The molecule has 1 heterocycles. The van der Waals surface area contributed by atoms with Crippen LogP contribution in [0.25, 0.3) is 10.2 Å². The Labute approximate surface area is 140 Å². The first-order valence-corrected chi connectivity index (χ1v) is 9.45. The summed E-state index contributed by atoms with van der Waals surface area (Å²) in [5.74, 6) is 0. The summed E-state index contributed by atoms with van der Waals surface area (Å²) in [4.78, 5) is 4.03. The highest BCUT2D eigenvalue weighted by Gasteiger charge is 2.23. The Hall–Kier alpha value is -1.53. The second-order valence-electron chi connectivity index (χ2n) is 4.44. The second kappa shape index (κ2) is 6.53. The fourth-order valence-electron chi connectivity index (χ4n) is 1.91. The number of nitrogens with zero attached hydrogens (tertiary/aromatic N) is 1. The Morgan fingerprint density at radius 3 is 2.61 bits per heavy atom. The van der Waals surface area contributed by atoms with Crippen LogP contribution in [0.2, 0.25) is 0 Å². The summed E-state index contributed by atoms with van der Waals surface area (Å²) in [6.07, 6.45) is 0. The normalized spacial score (nSPS) is 13.3. The number of thiazole rings is 1. The summed E-state index contributed by atoms with van der Waals surface area (Å²) in [5, 5.41) is 19.0. The van der Waals surface area contributed by atoms with E-state index in [1.807, 2.05) is 24.3 Å². The van der Waals surface area contributed by atoms with Crippen molar-refractivity contribution in [2.45, 2.75) is 9.24 Å². The predicted molar refractivity (Wildman–Crippen MR) is 88.0 cm³/mol. The number of aromatic nitrogens is 1. The summed E-state index contributed by atoms with van der Waals surface area (Å²) in [6.45, 7) is 0. The van der Waals surface area contributed by atoms with Gasteiger partial charge in [-0.3, -0.25) is 0 Å². The molecule has 2 aromatic carbocycles. The minimum Gasteiger partial charge on any atom is -0.595 e. The van der Waals surface area contributed by atoms with Gasteiger partial charge in [-0.25, -0.2) is 18.6 Å². The van der Waals surface area contributed by atoms with Gasteiger partial charge < -0.3 is 5.21 Å². The number of fused-ring (bicyclic) bond motifs is 1. The van der Waals surface area contributed by atoms with Gasteiger partial charge in [-0.15, -0.1) is 15.5 Å². The summed E-state index contributed by atoms with van der Waals surface area (Å²) in [7, 11) is -3.97. The van der Waals surface area contributed by atoms with Crippen molar-refractivity contribution in [3.8, 4) is 0 Å². The third kappa shape index (κ3) is 3.53. The van der Waals surface area contributed by atoms with Gasteiger partial charge in [0.15, 0.2) is 10.0 Å². The maximum Gasteiger partial charge on any atom is 0.256 e. The summed E-state index contributed by atoms with van der Waals surface area (Å²) in [6, 6.07) is 12.9. The zero-order valence-corrected chi connectivity index (χ0v) is 13.9. The van der Waals surface area contributed by atoms with E-state index in [1.54, 1.807) is 0 Å². The van der Waals surface area contributed by atoms with Crippen LogP contribution in [-0.2, 0) is 10.0 Å². The summed E-state index contributed by atoms with van der Waals surface area (Å²) >= 11 is 2.20. The first-order valence-electron chi connectivity index (χ1n) is 6.34. The number of hydrogen-bond donors (Lipinski definition) is 3. The smallest absolute Gasteiger partial charge is 0.256 e. The van der Waals surface area contributed by atoms with E-state index in [0.717, 1.165) is 22.2 Å². The van der Waals surface area contributed by atoms with Crippen LogP contribution in [0.15, 0.2) is 57.8 Å². The van der Waals surface area contributed by atoms with Crippen LogP contribution in [0.5, 0.6) is 0 Å². The van der Waals surface area contributed by atoms with E-state index in [-0.39, 0.29) is 10.6 Å². The molecule has 0 aliphatic rings. The Bertz CT molecular complexity index is 907. The van der Waals surface area contributed by atoms with Crippen molar-refractivity contribution < 1.29 is 18.9 Å². The molecule has 0 amide bonds. The molecule has 1 unspecified atom stereocenters. The van der Waals surface area contributed by atoms with Gasteiger partial charge in [0.25, 0.3) is 10.0 Å². The lowest BCUT2D eigenvalue weighted by Crippen LogP contribution is -2.99. The van der Waals surface area contributed by atoms with E-state index in [1.165, 1.54) is 35.6 Å². The lowest BCUT2D eigenvalue weighted by molar-refractivity contribution is -0.992. The summed E-state index contributed by atoms with van der Waals surface area (Å²) in [5.41, 5.74) is 0.509. The number of quaternary nitrogens is 1. The van der Waals surface area contributed by atoms with Crippen molar-refractivity contribution in [3.63, 3.8) is 0 Å². The molecule has 3 N–H and O–H groups in total. The van der Waals surface area contributed by atoms with Gasteiger partial charge in [-0.05, 0) is 18.2 Å². The first-order chi connectivity index (χ1) is 11.0.